The Hall–Kier alpha value is -5.45. The molecule has 0 saturated carbocycles. The summed E-state index contributed by atoms with van der Waals surface area (Å²) < 4.78 is 13.6. The molecule has 4 nitrogen and oxygen atoms in total. The van der Waals surface area contributed by atoms with E-state index in [1.165, 1.54) is 16.5 Å². The second kappa shape index (κ2) is 8.81. The highest BCUT2D eigenvalue weighted by molar-refractivity contribution is 6.35. The summed E-state index contributed by atoms with van der Waals surface area (Å²) in [4.78, 5) is 0. The molecule has 4 aromatic heterocycles. The molecule has 214 valence electrons. The van der Waals surface area contributed by atoms with Crippen molar-refractivity contribution < 1.29 is 4.42 Å². The highest BCUT2D eigenvalue weighted by Gasteiger charge is 2.24. The van der Waals surface area contributed by atoms with Crippen LogP contribution in [-0.4, -0.2) is 13.5 Å². The second-order valence-corrected chi connectivity index (χ2v) is 12.4. The van der Waals surface area contributed by atoms with Crippen molar-refractivity contribution in [2.75, 3.05) is 0 Å². The molecule has 10 aromatic rings. The molecule has 5 heteroatoms. The van der Waals surface area contributed by atoms with Gasteiger partial charge < -0.3 is 8.98 Å². The van der Waals surface area contributed by atoms with Crippen LogP contribution in [0.25, 0.3) is 82.7 Å². The van der Waals surface area contributed by atoms with E-state index in [1.54, 1.807) is 0 Å². The van der Waals surface area contributed by atoms with Crippen molar-refractivity contribution in [2.45, 2.75) is 13.8 Å². The topological polar surface area (TPSA) is 27.4 Å². The molecule has 0 amide bonds. The zero-order valence-corrected chi connectivity index (χ0v) is 25.4. The lowest BCUT2D eigenvalue weighted by Gasteiger charge is -2.17. The second-order valence-electron chi connectivity index (χ2n) is 12.0. The van der Waals surface area contributed by atoms with E-state index in [4.69, 9.17) is 16.0 Å². The number of aryl methyl sites for hydroxylation is 2. The molecule has 0 aliphatic carbocycles. The number of hydrogen-bond acceptors (Lipinski definition) is 1. The Kier molecular flexibility index (Phi) is 4.88. The van der Waals surface area contributed by atoms with Gasteiger partial charge in [0.15, 0.2) is 5.58 Å². The van der Waals surface area contributed by atoms with Gasteiger partial charge in [0.2, 0.25) is 0 Å². The number of fused-ring (bicyclic) bond motifs is 12. The van der Waals surface area contributed by atoms with Crippen LogP contribution >= 0.6 is 11.6 Å². The average Bonchev–Trinajstić information content (AvgIpc) is 3.79. The molecular weight excluding hydrogens is 574 g/mol. The van der Waals surface area contributed by atoms with Gasteiger partial charge in [-0.05, 0) is 67.9 Å². The zero-order chi connectivity index (χ0) is 30.0. The lowest BCUT2D eigenvalue weighted by Crippen LogP contribution is -2.03. The molecule has 45 heavy (non-hydrogen) atoms. The lowest BCUT2D eigenvalue weighted by atomic mass is 10.1. The normalized spacial score (nSPS) is 12.3. The number of hydrogen-bond donors (Lipinski definition) is 0. The molecule has 0 aliphatic rings. The Balaban J connectivity index is 1.38. The van der Waals surface area contributed by atoms with Crippen LogP contribution in [0.3, 0.4) is 0 Å². The molecule has 0 aliphatic heterocycles. The molecule has 0 unspecified atom stereocenters. The molecule has 0 bridgehead atoms. The number of imidazole rings is 1. The Labute approximate surface area is 262 Å². The highest BCUT2D eigenvalue weighted by Crippen LogP contribution is 2.44. The summed E-state index contributed by atoms with van der Waals surface area (Å²) in [5.41, 5.74) is 12.7. The maximum atomic E-state index is 7.66. The van der Waals surface area contributed by atoms with Gasteiger partial charge in [0, 0.05) is 32.5 Å². The first-order valence-corrected chi connectivity index (χ1v) is 15.6. The quantitative estimate of drug-likeness (QED) is 0.194. The van der Waals surface area contributed by atoms with Crippen molar-refractivity contribution in [1.82, 2.24) is 13.5 Å². The van der Waals surface area contributed by atoms with Gasteiger partial charge in [0.05, 0.1) is 44.0 Å². The van der Waals surface area contributed by atoms with Crippen LogP contribution in [0, 0.1) is 13.8 Å². The van der Waals surface area contributed by atoms with Gasteiger partial charge in [0.1, 0.15) is 11.2 Å². The minimum atomic E-state index is 0.685. The minimum Gasteiger partial charge on any atom is -0.454 e. The summed E-state index contributed by atoms with van der Waals surface area (Å²) in [5, 5.41) is 6.43. The molecule has 4 heterocycles. The van der Waals surface area contributed by atoms with E-state index in [9.17, 15) is 0 Å². The Morgan fingerprint density at radius 1 is 0.533 bits per heavy atom. The van der Waals surface area contributed by atoms with Crippen LogP contribution < -0.4 is 0 Å². The SMILES string of the molecule is Cc1cc(-n2c3ccccc3c3ccc4c5ccccc5oc4c32)c(Cl)c(-n2c3ccccc3n3c4ccccc4c(C)c23)c1. The van der Waals surface area contributed by atoms with Gasteiger partial charge in [-0.25, -0.2) is 0 Å². The molecule has 0 N–H and O–H groups in total. The number of benzene rings is 6. The van der Waals surface area contributed by atoms with E-state index in [0.717, 1.165) is 77.4 Å². The van der Waals surface area contributed by atoms with E-state index in [-0.39, 0.29) is 0 Å². The Bertz CT molecular complexity index is 2860. The van der Waals surface area contributed by atoms with Crippen LogP contribution in [0.5, 0.6) is 0 Å². The number of nitrogens with zero attached hydrogens (tertiary/aromatic N) is 3. The first kappa shape index (κ1) is 24.9. The minimum absolute atomic E-state index is 0.685. The summed E-state index contributed by atoms with van der Waals surface area (Å²) in [6.45, 7) is 4.36. The standard InChI is InChI=1S/C40H26ClN3O/c1-23-21-34(42-31-15-7-4-12-26(31)28-19-20-29-27-13-5-10-18-36(27)45-39(29)38(28)42)37(41)35(22-23)44-33-17-9-8-16-32(33)43-30-14-6-3-11-25(30)24(2)40(43)44/h3-22H,1-2H3. The van der Waals surface area contributed by atoms with Crippen LogP contribution in [0.2, 0.25) is 5.02 Å². The summed E-state index contributed by atoms with van der Waals surface area (Å²) in [6, 6.07) is 42.8. The molecule has 0 saturated heterocycles. The van der Waals surface area contributed by atoms with Gasteiger partial charge in [-0.15, -0.1) is 0 Å². The number of aromatic nitrogens is 3. The first-order valence-electron chi connectivity index (χ1n) is 15.2. The van der Waals surface area contributed by atoms with Crippen LogP contribution in [0.4, 0.5) is 0 Å². The molecular formula is C40H26ClN3O. The van der Waals surface area contributed by atoms with Gasteiger partial charge in [-0.1, -0.05) is 84.4 Å². The van der Waals surface area contributed by atoms with Crippen molar-refractivity contribution in [3.8, 4) is 11.4 Å². The summed E-state index contributed by atoms with van der Waals surface area (Å²) in [5.74, 6) is 0. The van der Waals surface area contributed by atoms with Gasteiger partial charge in [-0.2, -0.15) is 0 Å². The fourth-order valence-corrected chi connectivity index (χ4v) is 7.92. The largest absolute Gasteiger partial charge is 0.454 e. The van der Waals surface area contributed by atoms with Crippen LogP contribution in [-0.2, 0) is 0 Å². The van der Waals surface area contributed by atoms with Crippen molar-refractivity contribution in [3.05, 3.63) is 137 Å². The molecule has 0 spiro atoms. The van der Waals surface area contributed by atoms with Gasteiger partial charge in [0.25, 0.3) is 0 Å². The number of rotatable bonds is 2. The van der Waals surface area contributed by atoms with E-state index in [1.807, 2.05) is 12.1 Å². The summed E-state index contributed by atoms with van der Waals surface area (Å²) in [7, 11) is 0. The fourth-order valence-electron chi connectivity index (χ4n) is 7.64. The van der Waals surface area contributed by atoms with Gasteiger partial charge >= 0.3 is 0 Å². The van der Waals surface area contributed by atoms with Crippen molar-refractivity contribution in [2.24, 2.45) is 0 Å². The van der Waals surface area contributed by atoms with Crippen molar-refractivity contribution in [3.63, 3.8) is 0 Å². The maximum absolute atomic E-state index is 7.66. The number of para-hydroxylation sites is 5. The summed E-state index contributed by atoms with van der Waals surface area (Å²) in [6.07, 6.45) is 0. The average molecular weight is 600 g/mol. The maximum Gasteiger partial charge on any atom is 0.160 e. The monoisotopic (exact) mass is 599 g/mol. The molecule has 0 fully saturated rings. The van der Waals surface area contributed by atoms with Crippen LogP contribution in [0.15, 0.2) is 126 Å². The first-order chi connectivity index (χ1) is 22.1. The van der Waals surface area contributed by atoms with E-state index in [2.05, 4.69) is 137 Å². The summed E-state index contributed by atoms with van der Waals surface area (Å²) >= 11 is 7.66. The number of halogens is 1. The van der Waals surface area contributed by atoms with Gasteiger partial charge in [-0.3, -0.25) is 8.97 Å². The van der Waals surface area contributed by atoms with Crippen LogP contribution in [0.1, 0.15) is 11.1 Å². The van der Waals surface area contributed by atoms with Crippen molar-refractivity contribution >= 4 is 82.9 Å². The number of furan rings is 1. The Morgan fingerprint density at radius 3 is 1.93 bits per heavy atom. The molecule has 6 aromatic carbocycles. The third-order valence-corrected chi connectivity index (χ3v) is 9.90. The molecule has 0 radical (unpaired) electrons. The smallest absolute Gasteiger partial charge is 0.160 e. The van der Waals surface area contributed by atoms with Crippen molar-refractivity contribution in [1.29, 1.82) is 0 Å². The highest BCUT2D eigenvalue weighted by atomic mass is 35.5. The predicted molar refractivity (Wildman–Crippen MR) is 188 cm³/mol. The predicted octanol–water partition coefficient (Wildman–Crippen LogP) is 11.3. The molecule has 10 rings (SSSR count). The van der Waals surface area contributed by atoms with E-state index in [0.29, 0.717) is 5.02 Å². The van der Waals surface area contributed by atoms with E-state index < -0.39 is 0 Å². The zero-order valence-electron chi connectivity index (χ0n) is 24.7. The lowest BCUT2D eigenvalue weighted by molar-refractivity contribution is 0.671. The molecule has 0 atom stereocenters. The van der Waals surface area contributed by atoms with E-state index >= 15 is 0 Å². The third kappa shape index (κ3) is 3.17. The Morgan fingerprint density at radius 2 is 1.13 bits per heavy atom. The fraction of sp³-hybridized carbons (Fsp3) is 0.0500. The third-order valence-electron chi connectivity index (χ3n) is 9.51.